The highest BCUT2D eigenvalue weighted by Crippen LogP contribution is 2.24. The lowest BCUT2D eigenvalue weighted by atomic mass is 9.90. The van der Waals surface area contributed by atoms with E-state index in [0.717, 1.165) is 11.3 Å². The van der Waals surface area contributed by atoms with Gasteiger partial charge in [-0.25, -0.2) is 0 Å². The zero-order chi connectivity index (χ0) is 11.7. The summed E-state index contributed by atoms with van der Waals surface area (Å²) in [4.78, 5) is 5.08. The van der Waals surface area contributed by atoms with Crippen LogP contribution in [0.2, 0.25) is 0 Å². The third kappa shape index (κ3) is 1.83. The molecule has 0 aliphatic carbocycles. The van der Waals surface area contributed by atoms with Gasteiger partial charge in [-0.05, 0) is 31.9 Å². The van der Waals surface area contributed by atoms with Gasteiger partial charge in [-0.15, -0.1) is 0 Å². The molecule has 16 heavy (non-hydrogen) atoms. The van der Waals surface area contributed by atoms with Crippen molar-refractivity contribution in [3.8, 4) is 0 Å². The number of rotatable bonds is 2. The summed E-state index contributed by atoms with van der Waals surface area (Å²) in [5.74, 6) is 0.0140. The number of aliphatic hydroxyl groups is 1. The first-order valence-electron chi connectivity index (χ1n) is 5.52. The normalized spacial score (nSPS) is 19.5. The molecule has 0 amide bonds. The number of benzene rings is 1. The Morgan fingerprint density at radius 3 is 2.50 bits per heavy atom. The molecule has 1 aromatic rings. The summed E-state index contributed by atoms with van der Waals surface area (Å²) in [6.07, 6.45) is 0. The van der Waals surface area contributed by atoms with Gasteiger partial charge in [0, 0.05) is 5.56 Å². The van der Waals surface area contributed by atoms with Gasteiger partial charge in [-0.1, -0.05) is 22.9 Å². The largest absolute Gasteiger partial charge is 0.396 e. The summed E-state index contributed by atoms with van der Waals surface area (Å²) in [5, 5.41) is 13.3. The van der Waals surface area contributed by atoms with Crippen LogP contribution in [0.3, 0.4) is 0 Å². The maximum Gasteiger partial charge on any atom is 0.127 e. The molecule has 3 heteroatoms. The minimum absolute atomic E-state index is 0.0140. The highest BCUT2D eigenvalue weighted by atomic mass is 16.6. The van der Waals surface area contributed by atoms with Crippen molar-refractivity contribution in [3.05, 3.63) is 34.4 Å². The van der Waals surface area contributed by atoms with E-state index < -0.39 is 0 Å². The van der Waals surface area contributed by atoms with Gasteiger partial charge in [0.05, 0.1) is 18.2 Å². The molecule has 0 bridgehead atoms. The minimum atomic E-state index is 0.0140. The second-order valence-corrected chi connectivity index (χ2v) is 4.43. The first kappa shape index (κ1) is 11.1. The van der Waals surface area contributed by atoms with Crippen LogP contribution < -0.4 is 0 Å². The third-order valence-electron chi connectivity index (χ3n) is 2.98. The van der Waals surface area contributed by atoms with Crippen LogP contribution in [0.25, 0.3) is 0 Å². The number of oxime groups is 1. The summed E-state index contributed by atoms with van der Waals surface area (Å²) < 4.78 is 0. The molecule has 1 N–H and O–H groups in total. The molecule has 1 atom stereocenters. The van der Waals surface area contributed by atoms with Crippen molar-refractivity contribution in [1.82, 2.24) is 0 Å². The summed E-state index contributed by atoms with van der Waals surface area (Å²) in [6.45, 7) is 6.81. The van der Waals surface area contributed by atoms with E-state index >= 15 is 0 Å². The van der Waals surface area contributed by atoms with Gasteiger partial charge in [-0.3, -0.25) is 0 Å². The molecule has 86 valence electrons. The van der Waals surface area contributed by atoms with Crippen LogP contribution in [0.15, 0.2) is 17.3 Å². The van der Waals surface area contributed by atoms with Crippen molar-refractivity contribution in [2.24, 2.45) is 11.1 Å². The Bertz CT molecular complexity index is 415. The van der Waals surface area contributed by atoms with Crippen LogP contribution in [0.5, 0.6) is 0 Å². The van der Waals surface area contributed by atoms with Gasteiger partial charge in [0.15, 0.2) is 0 Å². The Labute approximate surface area is 95.7 Å². The molecular weight excluding hydrogens is 202 g/mol. The molecule has 1 aliphatic rings. The topological polar surface area (TPSA) is 41.8 Å². The maximum absolute atomic E-state index is 9.27. The summed E-state index contributed by atoms with van der Waals surface area (Å²) in [5.41, 5.74) is 5.65. The molecule has 0 radical (unpaired) electrons. The Kier molecular flexibility index (Phi) is 2.97. The van der Waals surface area contributed by atoms with Crippen LogP contribution in [-0.2, 0) is 4.84 Å². The predicted molar refractivity (Wildman–Crippen MR) is 63.7 cm³/mol. The predicted octanol–water partition coefficient (Wildman–Crippen LogP) is 1.95. The summed E-state index contributed by atoms with van der Waals surface area (Å²) in [7, 11) is 0. The van der Waals surface area contributed by atoms with Crippen molar-refractivity contribution in [3.63, 3.8) is 0 Å². The standard InChI is InChI=1S/C13H17NO2/c1-8-4-9(2)12(10(3)5-8)13-11(6-15)7-16-14-13/h4-5,11,15H,6-7H2,1-3H3. The first-order valence-corrected chi connectivity index (χ1v) is 5.52. The molecule has 1 aliphatic heterocycles. The van der Waals surface area contributed by atoms with Crippen molar-refractivity contribution in [2.45, 2.75) is 20.8 Å². The third-order valence-corrected chi connectivity index (χ3v) is 2.98. The number of aliphatic hydroxyl groups excluding tert-OH is 1. The van der Waals surface area contributed by atoms with E-state index in [2.05, 4.69) is 38.1 Å². The highest BCUT2D eigenvalue weighted by Gasteiger charge is 2.26. The molecule has 1 unspecified atom stereocenters. The van der Waals surface area contributed by atoms with E-state index in [1.54, 1.807) is 0 Å². The van der Waals surface area contributed by atoms with Gasteiger partial charge in [0.1, 0.15) is 6.61 Å². The molecular formula is C13H17NO2. The highest BCUT2D eigenvalue weighted by molar-refractivity contribution is 6.05. The number of nitrogens with zero attached hydrogens (tertiary/aromatic N) is 1. The molecule has 0 spiro atoms. The van der Waals surface area contributed by atoms with Crippen LogP contribution in [-0.4, -0.2) is 24.0 Å². The van der Waals surface area contributed by atoms with Gasteiger partial charge in [0.25, 0.3) is 0 Å². The lowest BCUT2D eigenvalue weighted by Crippen LogP contribution is -2.20. The Morgan fingerprint density at radius 1 is 1.31 bits per heavy atom. The Balaban J connectivity index is 2.48. The van der Waals surface area contributed by atoms with E-state index in [-0.39, 0.29) is 12.5 Å². The van der Waals surface area contributed by atoms with Crippen LogP contribution >= 0.6 is 0 Å². The SMILES string of the molecule is Cc1cc(C)c(C2=NOCC2CO)c(C)c1. The average molecular weight is 219 g/mol. The fourth-order valence-electron chi connectivity index (χ4n) is 2.32. The molecule has 1 aromatic carbocycles. The zero-order valence-electron chi connectivity index (χ0n) is 9.95. The van der Waals surface area contributed by atoms with Gasteiger partial charge < -0.3 is 9.94 Å². The van der Waals surface area contributed by atoms with Gasteiger partial charge in [-0.2, -0.15) is 0 Å². The quantitative estimate of drug-likeness (QED) is 0.826. The Morgan fingerprint density at radius 2 is 1.94 bits per heavy atom. The molecule has 3 nitrogen and oxygen atoms in total. The van der Waals surface area contributed by atoms with Crippen molar-refractivity contribution in [2.75, 3.05) is 13.2 Å². The number of hydrogen-bond acceptors (Lipinski definition) is 3. The number of hydrogen-bond donors (Lipinski definition) is 1. The van der Waals surface area contributed by atoms with E-state index in [0.29, 0.717) is 6.61 Å². The fraction of sp³-hybridized carbons (Fsp3) is 0.462. The van der Waals surface area contributed by atoms with Gasteiger partial charge >= 0.3 is 0 Å². The lowest BCUT2D eigenvalue weighted by molar-refractivity contribution is 0.132. The number of aryl methyl sites for hydroxylation is 3. The van der Waals surface area contributed by atoms with Gasteiger partial charge in [0.2, 0.25) is 0 Å². The first-order chi connectivity index (χ1) is 7.63. The second-order valence-electron chi connectivity index (χ2n) is 4.43. The van der Waals surface area contributed by atoms with E-state index in [1.807, 2.05) is 0 Å². The zero-order valence-corrected chi connectivity index (χ0v) is 9.95. The Hall–Kier alpha value is -1.35. The molecule has 0 saturated heterocycles. The van der Waals surface area contributed by atoms with Crippen LogP contribution in [0.4, 0.5) is 0 Å². The molecule has 2 rings (SSSR count). The maximum atomic E-state index is 9.27. The van der Waals surface area contributed by atoms with E-state index in [4.69, 9.17) is 4.84 Å². The fourth-order valence-corrected chi connectivity index (χ4v) is 2.32. The summed E-state index contributed by atoms with van der Waals surface area (Å²) >= 11 is 0. The van der Waals surface area contributed by atoms with Crippen LogP contribution in [0.1, 0.15) is 22.3 Å². The monoisotopic (exact) mass is 219 g/mol. The lowest BCUT2D eigenvalue weighted by Gasteiger charge is -2.13. The average Bonchev–Trinajstić information content (AvgIpc) is 2.64. The smallest absolute Gasteiger partial charge is 0.127 e. The van der Waals surface area contributed by atoms with Crippen LogP contribution in [0, 0.1) is 26.7 Å². The molecule has 0 fully saturated rings. The summed E-state index contributed by atoms with van der Waals surface area (Å²) in [6, 6.07) is 4.27. The molecule has 0 saturated carbocycles. The van der Waals surface area contributed by atoms with Crippen molar-refractivity contribution in [1.29, 1.82) is 0 Å². The molecule has 0 aromatic heterocycles. The van der Waals surface area contributed by atoms with Crippen molar-refractivity contribution >= 4 is 5.71 Å². The second kappa shape index (κ2) is 4.26. The van der Waals surface area contributed by atoms with Crippen molar-refractivity contribution < 1.29 is 9.94 Å². The molecule has 1 heterocycles. The minimum Gasteiger partial charge on any atom is -0.396 e. The van der Waals surface area contributed by atoms with E-state index in [9.17, 15) is 5.11 Å². The van der Waals surface area contributed by atoms with E-state index in [1.165, 1.54) is 16.7 Å².